The quantitative estimate of drug-likeness (QED) is 0.785. The minimum atomic E-state index is -1.16. The van der Waals surface area contributed by atoms with Gasteiger partial charge in [-0.2, -0.15) is 0 Å². The molecule has 2 aromatic rings. The van der Waals surface area contributed by atoms with Gasteiger partial charge in [-0.3, -0.25) is 9.59 Å². The number of nitrogens with one attached hydrogen (secondary N) is 1. The number of hydrogen-bond donors (Lipinski definition) is 2. The number of carboxylic acid groups (broad SMARTS) is 1. The second kappa shape index (κ2) is 8.64. The van der Waals surface area contributed by atoms with Crippen molar-refractivity contribution in [2.24, 2.45) is 5.92 Å². The Morgan fingerprint density at radius 3 is 2.86 bits per heavy atom. The van der Waals surface area contributed by atoms with Gasteiger partial charge >= 0.3 is 5.97 Å². The molecule has 0 radical (unpaired) electrons. The summed E-state index contributed by atoms with van der Waals surface area (Å²) < 4.78 is 1.34. The van der Waals surface area contributed by atoms with Crippen LogP contribution in [0.5, 0.6) is 0 Å². The van der Waals surface area contributed by atoms with Crippen molar-refractivity contribution in [1.29, 1.82) is 0 Å². The summed E-state index contributed by atoms with van der Waals surface area (Å²) in [6.45, 7) is 3.11. The van der Waals surface area contributed by atoms with Gasteiger partial charge in [0.2, 0.25) is 11.8 Å². The summed E-state index contributed by atoms with van der Waals surface area (Å²) in [4.78, 5) is 37.5. The predicted molar refractivity (Wildman–Crippen MR) is 101 cm³/mol. The van der Waals surface area contributed by atoms with Crippen molar-refractivity contribution < 1.29 is 19.5 Å². The average Bonchev–Trinajstić information content (AvgIpc) is 3.19. The van der Waals surface area contributed by atoms with Crippen LogP contribution in [0.25, 0.3) is 5.69 Å². The molecular weight excluding hydrogens is 362 g/mol. The summed E-state index contributed by atoms with van der Waals surface area (Å²) in [5.74, 6) is -1.43. The normalized spacial score (nSPS) is 16.6. The number of piperidine rings is 1. The highest BCUT2D eigenvalue weighted by Gasteiger charge is 2.28. The fourth-order valence-corrected chi connectivity index (χ4v) is 3.25. The first-order valence-corrected chi connectivity index (χ1v) is 9.32. The van der Waals surface area contributed by atoms with E-state index in [1.54, 1.807) is 29.2 Å². The SMILES string of the molecule is CCCC(=O)N1CCCC(C(=O)Nc2cccc(-n3cc(C(=O)O)nn3)c2)C1. The molecule has 0 aliphatic carbocycles. The zero-order valence-corrected chi connectivity index (χ0v) is 15.7. The van der Waals surface area contributed by atoms with Crippen molar-refractivity contribution in [1.82, 2.24) is 19.9 Å². The number of likely N-dealkylation sites (tertiary alicyclic amines) is 1. The number of benzene rings is 1. The Bertz CT molecular complexity index is 879. The van der Waals surface area contributed by atoms with Crippen molar-refractivity contribution in [3.63, 3.8) is 0 Å². The van der Waals surface area contributed by atoms with Crippen LogP contribution >= 0.6 is 0 Å². The van der Waals surface area contributed by atoms with E-state index in [1.165, 1.54) is 10.9 Å². The maximum Gasteiger partial charge on any atom is 0.358 e. The number of amides is 2. The van der Waals surface area contributed by atoms with Gasteiger partial charge in [0, 0.05) is 25.2 Å². The maximum atomic E-state index is 12.7. The molecule has 1 aliphatic heterocycles. The lowest BCUT2D eigenvalue weighted by atomic mass is 9.96. The summed E-state index contributed by atoms with van der Waals surface area (Å²) in [6.07, 6.45) is 4.16. The molecule has 1 atom stereocenters. The molecule has 2 N–H and O–H groups in total. The predicted octanol–water partition coefficient (Wildman–Crippen LogP) is 1.94. The van der Waals surface area contributed by atoms with E-state index in [0.717, 1.165) is 19.3 Å². The summed E-state index contributed by atoms with van der Waals surface area (Å²) in [5.41, 5.74) is 1.00. The summed E-state index contributed by atoms with van der Waals surface area (Å²) >= 11 is 0. The molecule has 148 valence electrons. The number of nitrogens with zero attached hydrogens (tertiary/aromatic N) is 4. The zero-order valence-electron chi connectivity index (χ0n) is 15.7. The molecule has 0 saturated carbocycles. The number of carbonyl (C=O) groups excluding carboxylic acids is 2. The lowest BCUT2D eigenvalue weighted by Crippen LogP contribution is -2.43. The zero-order chi connectivity index (χ0) is 20.1. The number of anilines is 1. The maximum absolute atomic E-state index is 12.7. The Kier molecular flexibility index (Phi) is 6.03. The second-order valence-corrected chi connectivity index (χ2v) is 6.82. The summed E-state index contributed by atoms with van der Waals surface area (Å²) in [5, 5.41) is 19.2. The van der Waals surface area contributed by atoms with E-state index >= 15 is 0 Å². The highest BCUT2D eigenvalue weighted by atomic mass is 16.4. The molecule has 1 aromatic carbocycles. The average molecular weight is 385 g/mol. The van der Waals surface area contributed by atoms with Crippen LogP contribution in [0.15, 0.2) is 30.5 Å². The molecule has 0 spiro atoms. The molecule has 9 nitrogen and oxygen atoms in total. The topological polar surface area (TPSA) is 117 Å². The van der Waals surface area contributed by atoms with Crippen molar-refractivity contribution in [2.45, 2.75) is 32.6 Å². The molecule has 3 rings (SSSR count). The third kappa shape index (κ3) is 4.54. The van der Waals surface area contributed by atoms with Gasteiger partial charge in [0.1, 0.15) is 0 Å². The van der Waals surface area contributed by atoms with Crippen LogP contribution in [-0.2, 0) is 9.59 Å². The Morgan fingerprint density at radius 1 is 1.32 bits per heavy atom. The van der Waals surface area contributed by atoms with Crippen molar-refractivity contribution in [3.8, 4) is 5.69 Å². The van der Waals surface area contributed by atoms with Crippen LogP contribution in [0.2, 0.25) is 0 Å². The van der Waals surface area contributed by atoms with Crippen LogP contribution in [0.3, 0.4) is 0 Å². The first-order valence-electron chi connectivity index (χ1n) is 9.32. The molecule has 1 aromatic heterocycles. The van der Waals surface area contributed by atoms with Crippen LogP contribution in [-0.4, -0.2) is 55.9 Å². The van der Waals surface area contributed by atoms with Crippen LogP contribution in [0.4, 0.5) is 5.69 Å². The molecule has 9 heteroatoms. The summed E-state index contributed by atoms with van der Waals surface area (Å²) in [7, 11) is 0. The van der Waals surface area contributed by atoms with Crippen LogP contribution < -0.4 is 5.32 Å². The first kappa shape index (κ1) is 19.5. The Hall–Kier alpha value is -3.23. The largest absolute Gasteiger partial charge is 0.476 e. The lowest BCUT2D eigenvalue weighted by molar-refractivity contribution is -0.134. The molecule has 1 aliphatic rings. The van der Waals surface area contributed by atoms with Gasteiger partial charge in [-0.1, -0.05) is 18.2 Å². The monoisotopic (exact) mass is 385 g/mol. The van der Waals surface area contributed by atoms with Gasteiger partial charge < -0.3 is 15.3 Å². The van der Waals surface area contributed by atoms with Crippen molar-refractivity contribution in [3.05, 3.63) is 36.2 Å². The number of aromatic nitrogens is 3. The highest BCUT2D eigenvalue weighted by molar-refractivity contribution is 5.93. The van der Waals surface area contributed by atoms with Crippen molar-refractivity contribution >= 4 is 23.5 Å². The molecule has 1 unspecified atom stereocenters. The molecule has 28 heavy (non-hydrogen) atoms. The fraction of sp³-hybridized carbons (Fsp3) is 0.421. The number of carboxylic acids is 1. The highest BCUT2D eigenvalue weighted by Crippen LogP contribution is 2.21. The smallest absolute Gasteiger partial charge is 0.358 e. The van der Waals surface area contributed by atoms with Crippen molar-refractivity contribution in [2.75, 3.05) is 18.4 Å². The van der Waals surface area contributed by atoms with Gasteiger partial charge in [-0.25, -0.2) is 9.48 Å². The van der Waals surface area contributed by atoms with Gasteiger partial charge in [0.25, 0.3) is 0 Å². The van der Waals surface area contributed by atoms with Gasteiger partial charge in [-0.15, -0.1) is 5.10 Å². The minimum absolute atomic E-state index is 0.0995. The van der Waals surface area contributed by atoms with Gasteiger partial charge in [-0.05, 0) is 37.5 Å². The number of carbonyl (C=O) groups is 3. The Balaban J connectivity index is 1.67. The van der Waals surface area contributed by atoms with Crippen LogP contribution in [0, 0.1) is 5.92 Å². The molecule has 2 amide bonds. The standard InChI is InChI=1S/C19H23N5O4/c1-2-5-17(25)23-9-4-6-13(11-23)18(26)20-14-7-3-8-15(10-14)24-12-16(19(27)28)21-22-24/h3,7-8,10,12-13H,2,4-6,9,11H2,1H3,(H,20,26)(H,27,28). The Labute approximate surface area is 162 Å². The van der Waals surface area contributed by atoms with E-state index in [9.17, 15) is 14.4 Å². The molecule has 1 fully saturated rings. The Morgan fingerprint density at radius 2 is 2.14 bits per heavy atom. The molecule has 1 saturated heterocycles. The van der Waals surface area contributed by atoms with E-state index in [-0.39, 0.29) is 23.4 Å². The van der Waals surface area contributed by atoms with E-state index in [2.05, 4.69) is 15.6 Å². The first-order chi connectivity index (χ1) is 13.5. The van der Waals surface area contributed by atoms with E-state index < -0.39 is 5.97 Å². The minimum Gasteiger partial charge on any atom is -0.476 e. The number of hydrogen-bond acceptors (Lipinski definition) is 5. The molecule has 0 bridgehead atoms. The van der Waals surface area contributed by atoms with Gasteiger partial charge in [0.05, 0.1) is 17.8 Å². The second-order valence-electron chi connectivity index (χ2n) is 6.82. The third-order valence-electron chi connectivity index (χ3n) is 4.70. The number of rotatable bonds is 6. The van der Waals surface area contributed by atoms with E-state index in [1.807, 2.05) is 6.92 Å². The number of aromatic carboxylic acids is 1. The van der Waals surface area contributed by atoms with E-state index in [4.69, 9.17) is 5.11 Å². The van der Waals surface area contributed by atoms with Gasteiger partial charge in [0.15, 0.2) is 5.69 Å². The van der Waals surface area contributed by atoms with E-state index in [0.29, 0.717) is 30.9 Å². The molecular formula is C19H23N5O4. The van der Waals surface area contributed by atoms with Crippen LogP contribution in [0.1, 0.15) is 43.1 Å². The lowest BCUT2D eigenvalue weighted by Gasteiger charge is -2.32. The fourth-order valence-electron chi connectivity index (χ4n) is 3.25. The summed E-state index contributed by atoms with van der Waals surface area (Å²) in [6, 6.07) is 6.92. The molecule has 2 heterocycles. The third-order valence-corrected chi connectivity index (χ3v) is 4.70.